The van der Waals surface area contributed by atoms with Gasteiger partial charge in [0.2, 0.25) is 0 Å². The molecule has 5 nitrogen and oxygen atoms in total. The zero-order chi connectivity index (χ0) is 33.6. The molecule has 0 aromatic heterocycles. The van der Waals surface area contributed by atoms with Crippen LogP contribution in [0.2, 0.25) is 0 Å². The molecule has 46 heavy (non-hydrogen) atoms. The van der Waals surface area contributed by atoms with E-state index in [9.17, 15) is 9.59 Å². The van der Waals surface area contributed by atoms with Crippen LogP contribution in [0.25, 0.3) is 0 Å². The molecule has 0 N–H and O–H groups in total. The number of unbranched alkanes of at least 4 members (excludes halogenated alkanes) is 18. The summed E-state index contributed by atoms with van der Waals surface area (Å²) in [6.07, 6.45) is 41.6. The van der Waals surface area contributed by atoms with Gasteiger partial charge in [-0.25, -0.2) is 0 Å². The van der Waals surface area contributed by atoms with Gasteiger partial charge in [0.15, 0.2) is 6.10 Å². The van der Waals surface area contributed by atoms with E-state index in [1.807, 2.05) is 0 Å². The summed E-state index contributed by atoms with van der Waals surface area (Å²) in [5.74, 6) is -0.419. The predicted molar refractivity (Wildman–Crippen MR) is 196 cm³/mol. The van der Waals surface area contributed by atoms with Crippen molar-refractivity contribution in [1.29, 1.82) is 0 Å². The topological polar surface area (TPSA) is 61.8 Å². The highest BCUT2D eigenvalue weighted by Gasteiger charge is 2.17. The zero-order valence-electron chi connectivity index (χ0n) is 30.6. The van der Waals surface area contributed by atoms with Crippen LogP contribution in [0.3, 0.4) is 0 Å². The highest BCUT2D eigenvalue weighted by molar-refractivity contribution is 5.70. The third-order valence-electron chi connectivity index (χ3n) is 8.19. The highest BCUT2D eigenvalue weighted by Crippen LogP contribution is 2.12. The largest absolute Gasteiger partial charge is 0.462 e. The average Bonchev–Trinajstić information content (AvgIpc) is 3.05. The molecule has 0 spiro atoms. The minimum atomic E-state index is -0.531. The summed E-state index contributed by atoms with van der Waals surface area (Å²) in [5, 5.41) is 0. The first-order valence-electron chi connectivity index (χ1n) is 19.5. The van der Waals surface area contributed by atoms with Crippen molar-refractivity contribution in [3.63, 3.8) is 0 Å². The average molecular weight is 647 g/mol. The predicted octanol–water partition coefficient (Wildman–Crippen LogP) is 12.3. The van der Waals surface area contributed by atoms with E-state index in [0.29, 0.717) is 19.4 Å². The van der Waals surface area contributed by atoms with Gasteiger partial charge >= 0.3 is 11.9 Å². The van der Waals surface area contributed by atoms with Crippen LogP contribution in [0.1, 0.15) is 188 Å². The minimum Gasteiger partial charge on any atom is -0.462 e. The third kappa shape index (κ3) is 35.0. The van der Waals surface area contributed by atoms with Gasteiger partial charge in [-0.3, -0.25) is 9.59 Å². The van der Waals surface area contributed by atoms with Crippen molar-refractivity contribution in [1.82, 2.24) is 0 Å². The molecule has 0 aromatic carbocycles. The van der Waals surface area contributed by atoms with Crippen molar-refractivity contribution in [3.05, 3.63) is 36.5 Å². The van der Waals surface area contributed by atoms with Gasteiger partial charge in [0.25, 0.3) is 0 Å². The number of carbonyl (C=O) groups excluding carboxylic acids is 2. The number of ether oxygens (including phenoxy) is 3. The van der Waals surface area contributed by atoms with Gasteiger partial charge in [-0.15, -0.1) is 0 Å². The maximum Gasteiger partial charge on any atom is 0.306 e. The fraction of sp³-hybridized carbons (Fsp3) is 0.805. The Labute approximate surface area is 285 Å². The first kappa shape index (κ1) is 44.1. The molecule has 0 radical (unpaired) electrons. The summed E-state index contributed by atoms with van der Waals surface area (Å²) in [6.45, 7) is 7.59. The molecule has 1 unspecified atom stereocenters. The Morgan fingerprint density at radius 3 is 1.57 bits per heavy atom. The monoisotopic (exact) mass is 647 g/mol. The van der Waals surface area contributed by atoms with E-state index in [1.165, 1.54) is 83.5 Å². The zero-order valence-corrected chi connectivity index (χ0v) is 30.6. The second-order valence-corrected chi connectivity index (χ2v) is 12.8. The van der Waals surface area contributed by atoms with Gasteiger partial charge in [-0.05, 0) is 51.4 Å². The third-order valence-corrected chi connectivity index (χ3v) is 8.19. The number of carbonyl (C=O) groups is 2. The first-order valence-corrected chi connectivity index (χ1v) is 19.5. The smallest absolute Gasteiger partial charge is 0.306 e. The first-order chi connectivity index (χ1) is 22.6. The van der Waals surface area contributed by atoms with Crippen LogP contribution in [0.4, 0.5) is 0 Å². The molecule has 0 aliphatic carbocycles. The van der Waals surface area contributed by atoms with Crippen LogP contribution >= 0.6 is 0 Å². The second kappa shape index (κ2) is 37.6. The van der Waals surface area contributed by atoms with E-state index in [0.717, 1.165) is 70.6 Å². The van der Waals surface area contributed by atoms with E-state index >= 15 is 0 Å². The number of rotatable bonds is 35. The Hall–Kier alpha value is -1.88. The Bertz CT molecular complexity index is 741. The SMILES string of the molecule is CC/C=C\C/C=C\C/C=C\CCCCCCCCOCC(COC(=O)CCCCCCCCCCC)OC(=O)CCCCCCC. The molecule has 0 bridgehead atoms. The molecule has 0 aromatic rings. The van der Waals surface area contributed by atoms with Gasteiger partial charge in [-0.1, -0.05) is 160 Å². The van der Waals surface area contributed by atoms with Crippen LogP contribution < -0.4 is 0 Å². The molecule has 5 heteroatoms. The van der Waals surface area contributed by atoms with E-state index in [4.69, 9.17) is 14.2 Å². The molecule has 0 aliphatic heterocycles. The maximum atomic E-state index is 12.5. The molecule has 0 saturated carbocycles. The normalized spacial score (nSPS) is 12.5. The summed E-state index contributed by atoms with van der Waals surface area (Å²) in [7, 11) is 0. The molecular formula is C41H74O5. The van der Waals surface area contributed by atoms with E-state index in [1.54, 1.807) is 0 Å². The summed E-state index contributed by atoms with van der Waals surface area (Å²) in [4.78, 5) is 24.8. The fourth-order valence-corrected chi connectivity index (χ4v) is 5.29. The Kier molecular flexibility index (Phi) is 36.0. The van der Waals surface area contributed by atoms with Crippen molar-refractivity contribution >= 4 is 11.9 Å². The summed E-state index contributed by atoms with van der Waals surface area (Å²) in [6, 6.07) is 0. The second-order valence-electron chi connectivity index (χ2n) is 12.8. The number of hydrogen-bond acceptors (Lipinski definition) is 5. The standard InChI is InChI=1S/C41H74O5/c1-4-7-10-13-15-17-18-19-20-21-22-23-25-27-30-33-36-44-37-39(46-41(43)35-32-28-12-9-6-3)38-45-40(42)34-31-29-26-24-16-14-11-8-5-2/h7,10,15,17,19-20,39H,4-6,8-9,11-14,16,18,21-38H2,1-3H3/b10-7-,17-15-,20-19-. The van der Waals surface area contributed by atoms with Gasteiger partial charge in [0.05, 0.1) is 6.61 Å². The maximum absolute atomic E-state index is 12.5. The van der Waals surface area contributed by atoms with Crippen LogP contribution in [0, 0.1) is 0 Å². The summed E-state index contributed by atoms with van der Waals surface area (Å²) < 4.78 is 17.1. The Morgan fingerprint density at radius 1 is 0.500 bits per heavy atom. The minimum absolute atomic E-state index is 0.0822. The van der Waals surface area contributed by atoms with Crippen LogP contribution in [0.5, 0.6) is 0 Å². The molecule has 0 rings (SSSR count). The lowest BCUT2D eigenvalue weighted by atomic mass is 10.1. The van der Waals surface area contributed by atoms with Gasteiger partial charge < -0.3 is 14.2 Å². The Balaban J connectivity index is 4.10. The molecule has 0 heterocycles. The van der Waals surface area contributed by atoms with Gasteiger partial charge in [0.1, 0.15) is 6.61 Å². The van der Waals surface area contributed by atoms with Crippen LogP contribution in [-0.4, -0.2) is 37.9 Å². The van der Waals surface area contributed by atoms with E-state index < -0.39 is 6.10 Å². The number of hydrogen-bond donors (Lipinski definition) is 0. The highest BCUT2D eigenvalue weighted by atomic mass is 16.6. The lowest BCUT2D eigenvalue weighted by Gasteiger charge is -2.18. The summed E-state index contributed by atoms with van der Waals surface area (Å²) >= 11 is 0. The van der Waals surface area contributed by atoms with Gasteiger partial charge in [-0.2, -0.15) is 0 Å². The lowest BCUT2D eigenvalue weighted by Crippen LogP contribution is -2.30. The van der Waals surface area contributed by atoms with Crippen LogP contribution in [0.15, 0.2) is 36.5 Å². The molecule has 0 saturated heterocycles. The molecule has 1 atom stereocenters. The molecule has 268 valence electrons. The van der Waals surface area contributed by atoms with Crippen molar-refractivity contribution in [2.75, 3.05) is 19.8 Å². The van der Waals surface area contributed by atoms with E-state index in [2.05, 4.69) is 57.2 Å². The molecule has 0 amide bonds. The van der Waals surface area contributed by atoms with Crippen molar-refractivity contribution in [2.24, 2.45) is 0 Å². The quantitative estimate of drug-likeness (QED) is 0.0389. The lowest BCUT2D eigenvalue weighted by molar-refractivity contribution is -0.163. The molecular weight excluding hydrogens is 572 g/mol. The molecule has 0 aliphatic rings. The Morgan fingerprint density at radius 2 is 0.978 bits per heavy atom. The molecule has 0 fully saturated rings. The van der Waals surface area contributed by atoms with E-state index in [-0.39, 0.29) is 25.2 Å². The van der Waals surface area contributed by atoms with Crippen LogP contribution in [-0.2, 0) is 23.8 Å². The van der Waals surface area contributed by atoms with Crippen molar-refractivity contribution in [3.8, 4) is 0 Å². The number of esters is 2. The van der Waals surface area contributed by atoms with Gasteiger partial charge in [0, 0.05) is 19.4 Å². The number of allylic oxidation sites excluding steroid dienone is 6. The van der Waals surface area contributed by atoms with Crippen molar-refractivity contribution in [2.45, 2.75) is 194 Å². The van der Waals surface area contributed by atoms with Crippen molar-refractivity contribution < 1.29 is 23.8 Å². The fourth-order valence-electron chi connectivity index (χ4n) is 5.29. The summed E-state index contributed by atoms with van der Waals surface area (Å²) in [5.41, 5.74) is 0.